The number of hydrogen-bond donors (Lipinski definition) is 1. The quantitative estimate of drug-likeness (QED) is 0.867. The fraction of sp³-hybridized carbons (Fsp3) is 0.0833. The Balaban J connectivity index is 2.33. The third-order valence-electron chi connectivity index (χ3n) is 2.47. The van der Waals surface area contributed by atoms with Crippen LogP contribution in [0.25, 0.3) is 0 Å². The standard InChI is InChI=1S/C12H10ClN3OS/c13-10-5-8(12(14)18)1-2-9(10)6-16-7-15-4-3-11(16)17/h1-5,7H,6H2,(H2,14,18). The van der Waals surface area contributed by atoms with E-state index in [4.69, 9.17) is 29.6 Å². The minimum absolute atomic E-state index is 0.125. The molecule has 0 atom stereocenters. The van der Waals surface area contributed by atoms with Crippen molar-refractivity contribution < 1.29 is 0 Å². The van der Waals surface area contributed by atoms with Gasteiger partial charge < -0.3 is 5.73 Å². The first kappa shape index (κ1) is 12.7. The van der Waals surface area contributed by atoms with Crippen LogP contribution >= 0.6 is 23.8 Å². The molecule has 1 heterocycles. The highest BCUT2D eigenvalue weighted by molar-refractivity contribution is 7.80. The van der Waals surface area contributed by atoms with Gasteiger partial charge in [-0.1, -0.05) is 36.0 Å². The first-order valence-electron chi connectivity index (χ1n) is 5.16. The first-order chi connectivity index (χ1) is 8.58. The smallest absolute Gasteiger partial charge is 0.253 e. The number of hydrogen-bond acceptors (Lipinski definition) is 3. The van der Waals surface area contributed by atoms with Crippen LogP contribution in [0.3, 0.4) is 0 Å². The van der Waals surface area contributed by atoms with Crippen LogP contribution in [0.1, 0.15) is 11.1 Å². The summed E-state index contributed by atoms with van der Waals surface area (Å²) < 4.78 is 1.47. The van der Waals surface area contributed by atoms with Gasteiger partial charge in [0.15, 0.2) is 0 Å². The van der Waals surface area contributed by atoms with E-state index < -0.39 is 0 Å². The molecule has 0 unspecified atom stereocenters. The predicted molar refractivity (Wildman–Crippen MR) is 74.9 cm³/mol. The van der Waals surface area contributed by atoms with Gasteiger partial charge in [0.05, 0.1) is 12.9 Å². The minimum atomic E-state index is -0.125. The van der Waals surface area contributed by atoms with Crippen molar-refractivity contribution in [1.82, 2.24) is 9.55 Å². The lowest BCUT2D eigenvalue weighted by Crippen LogP contribution is -2.19. The number of halogens is 1. The molecule has 1 aromatic carbocycles. The Hall–Kier alpha value is -1.72. The summed E-state index contributed by atoms with van der Waals surface area (Å²) in [5, 5.41) is 0.524. The van der Waals surface area contributed by atoms with Crippen LogP contribution in [0.5, 0.6) is 0 Å². The molecule has 18 heavy (non-hydrogen) atoms. The Labute approximate surface area is 114 Å². The zero-order valence-corrected chi connectivity index (χ0v) is 10.9. The summed E-state index contributed by atoms with van der Waals surface area (Å²) in [4.78, 5) is 15.7. The van der Waals surface area contributed by atoms with Crippen molar-refractivity contribution in [1.29, 1.82) is 0 Å². The van der Waals surface area contributed by atoms with Crippen molar-refractivity contribution in [2.24, 2.45) is 5.73 Å². The predicted octanol–water partition coefficient (Wildman–Crippen LogP) is 1.58. The van der Waals surface area contributed by atoms with Crippen LogP contribution in [-0.2, 0) is 6.54 Å². The van der Waals surface area contributed by atoms with Crippen LogP contribution in [-0.4, -0.2) is 14.5 Å². The molecule has 2 N–H and O–H groups in total. The molecule has 6 heteroatoms. The molecule has 1 aromatic heterocycles. The average Bonchev–Trinajstić information content (AvgIpc) is 2.34. The molecule has 0 bridgehead atoms. The lowest BCUT2D eigenvalue weighted by Gasteiger charge is -2.08. The largest absolute Gasteiger partial charge is 0.389 e. The van der Waals surface area contributed by atoms with Crippen molar-refractivity contribution in [3.8, 4) is 0 Å². The van der Waals surface area contributed by atoms with Gasteiger partial charge in [0.25, 0.3) is 5.56 Å². The highest BCUT2D eigenvalue weighted by atomic mass is 35.5. The second-order valence-electron chi connectivity index (χ2n) is 3.72. The van der Waals surface area contributed by atoms with E-state index in [2.05, 4.69) is 4.98 Å². The van der Waals surface area contributed by atoms with Gasteiger partial charge >= 0.3 is 0 Å². The van der Waals surface area contributed by atoms with Crippen molar-refractivity contribution in [3.63, 3.8) is 0 Å². The zero-order chi connectivity index (χ0) is 13.1. The van der Waals surface area contributed by atoms with E-state index in [0.717, 1.165) is 5.56 Å². The van der Waals surface area contributed by atoms with E-state index in [1.165, 1.54) is 23.2 Å². The Morgan fingerprint density at radius 2 is 2.22 bits per heavy atom. The third kappa shape index (κ3) is 2.75. The van der Waals surface area contributed by atoms with Gasteiger partial charge in [-0.2, -0.15) is 0 Å². The molecule has 92 valence electrons. The van der Waals surface area contributed by atoms with E-state index >= 15 is 0 Å². The minimum Gasteiger partial charge on any atom is -0.389 e. The van der Waals surface area contributed by atoms with E-state index in [9.17, 15) is 4.79 Å². The molecule has 0 radical (unpaired) electrons. The van der Waals surface area contributed by atoms with Gasteiger partial charge in [-0.25, -0.2) is 4.98 Å². The van der Waals surface area contributed by atoms with Crippen molar-refractivity contribution in [2.45, 2.75) is 6.54 Å². The Morgan fingerprint density at radius 1 is 1.44 bits per heavy atom. The molecule has 0 saturated carbocycles. The maximum atomic E-state index is 11.5. The zero-order valence-electron chi connectivity index (χ0n) is 9.34. The van der Waals surface area contributed by atoms with E-state index in [1.54, 1.807) is 18.2 Å². The summed E-state index contributed by atoms with van der Waals surface area (Å²) in [5.74, 6) is 0. The summed E-state index contributed by atoms with van der Waals surface area (Å²) in [6, 6.07) is 6.68. The van der Waals surface area contributed by atoms with Crippen LogP contribution < -0.4 is 11.3 Å². The van der Waals surface area contributed by atoms with Crippen molar-refractivity contribution in [3.05, 3.63) is 63.3 Å². The molecule has 0 spiro atoms. The van der Waals surface area contributed by atoms with Crippen LogP contribution in [0.2, 0.25) is 5.02 Å². The number of aromatic nitrogens is 2. The van der Waals surface area contributed by atoms with Gasteiger partial charge in [-0.3, -0.25) is 9.36 Å². The highest BCUT2D eigenvalue weighted by Gasteiger charge is 2.05. The molecule has 0 amide bonds. The molecule has 0 aliphatic rings. The summed E-state index contributed by atoms with van der Waals surface area (Å²) in [6.45, 7) is 0.364. The first-order valence-corrected chi connectivity index (χ1v) is 5.95. The monoisotopic (exact) mass is 279 g/mol. The van der Waals surface area contributed by atoms with Gasteiger partial charge in [0.1, 0.15) is 4.99 Å². The van der Waals surface area contributed by atoms with Gasteiger partial charge in [0, 0.05) is 22.8 Å². The molecule has 0 aliphatic heterocycles. The van der Waals surface area contributed by atoms with Gasteiger partial charge in [-0.05, 0) is 11.6 Å². The lowest BCUT2D eigenvalue weighted by molar-refractivity contribution is 0.736. The second-order valence-corrected chi connectivity index (χ2v) is 4.56. The second kappa shape index (κ2) is 5.29. The Morgan fingerprint density at radius 3 is 2.83 bits per heavy atom. The molecule has 0 aliphatic carbocycles. The molecular formula is C12H10ClN3OS. The van der Waals surface area contributed by atoms with Crippen molar-refractivity contribution in [2.75, 3.05) is 0 Å². The van der Waals surface area contributed by atoms with E-state index in [-0.39, 0.29) is 5.56 Å². The topological polar surface area (TPSA) is 60.9 Å². The van der Waals surface area contributed by atoms with Crippen LogP contribution in [0, 0.1) is 0 Å². The number of rotatable bonds is 3. The molecular weight excluding hydrogens is 270 g/mol. The van der Waals surface area contributed by atoms with Gasteiger partial charge in [-0.15, -0.1) is 0 Å². The third-order valence-corrected chi connectivity index (χ3v) is 3.06. The molecule has 2 rings (SSSR count). The Bertz CT molecular complexity index is 654. The van der Waals surface area contributed by atoms with Crippen molar-refractivity contribution >= 4 is 28.8 Å². The normalized spacial score (nSPS) is 10.3. The number of benzene rings is 1. The van der Waals surface area contributed by atoms with E-state index in [1.807, 2.05) is 0 Å². The van der Waals surface area contributed by atoms with Crippen LogP contribution in [0.4, 0.5) is 0 Å². The number of nitrogens with two attached hydrogens (primary N) is 1. The molecule has 0 fully saturated rings. The van der Waals surface area contributed by atoms with E-state index in [0.29, 0.717) is 22.1 Å². The van der Waals surface area contributed by atoms with Gasteiger partial charge in [0.2, 0.25) is 0 Å². The fourth-order valence-electron chi connectivity index (χ4n) is 1.51. The summed E-state index contributed by atoms with van der Waals surface area (Å²) in [5.41, 5.74) is 6.91. The highest BCUT2D eigenvalue weighted by Crippen LogP contribution is 2.18. The number of nitrogens with zero attached hydrogens (tertiary/aromatic N) is 2. The average molecular weight is 280 g/mol. The lowest BCUT2D eigenvalue weighted by atomic mass is 10.1. The maximum absolute atomic E-state index is 11.5. The summed E-state index contributed by atoms with van der Waals surface area (Å²) in [7, 11) is 0. The summed E-state index contributed by atoms with van der Waals surface area (Å²) in [6.07, 6.45) is 2.93. The fourth-order valence-corrected chi connectivity index (χ4v) is 1.88. The Kier molecular flexibility index (Phi) is 3.74. The SMILES string of the molecule is NC(=S)c1ccc(Cn2cnccc2=O)c(Cl)c1. The maximum Gasteiger partial charge on any atom is 0.253 e. The molecule has 0 saturated heterocycles. The molecule has 2 aromatic rings. The number of thiocarbonyl (C=S) groups is 1. The summed E-state index contributed by atoms with van der Waals surface area (Å²) >= 11 is 11.0. The molecule has 4 nitrogen and oxygen atoms in total. The van der Waals surface area contributed by atoms with Crippen LogP contribution in [0.15, 0.2) is 41.6 Å².